The lowest BCUT2D eigenvalue weighted by Gasteiger charge is -2.32. The van der Waals surface area contributed by atoms with Gasteiger partial charge in [-0.25, -0.2) is 4.98 Å². The molecule has 0 aliphatic carbocycles. The highest BCUT2D eigenvalue weighted by atomic mass is 16.1. The zero-order valence-electron chi connectivity index (χ0n) is 17.4. The number of amides is 1. The third-order valence-corrected chi connectivity index (χ3v) is 6.23. The first-order valence-electron chi connectivity index (χ1n) is 10.6. The first-order chi connectivity index (χ1) is 14.1. The van der Waals surface area contributed by atoms with E-state index >= 15 is 0 Å². The maximum atomic E-state index is 12.7. The van der Waals surface area contributed by atoms with Crippen LogP contribution in [0.15, 0.2) is 48.7 Å². The molecule has 0 spiro atoms. The van der Waals surface area contributed by atoms with Crippen molar-refractivity contribution in [3.05, 3.63) is 48.7 Å². The van der Waals surface area contributed by atoms with E-state index in [1.54, 1.807) is 0 Å². The SMILES string of the molecule is CN(C)C1CCN(c2ccc(NC(=O)C3CCN(c4ccccn4)CC3)cc2)C1. The second kappa shape index (κ2) is 8.82. The Labute approximate surface area is 173 Å². The number of piperidine rings is 1. The number of aromatic nitrogens is 1. The molecule has 6 heteroatoms. The lowest BCUT2D eigenvalue weighted by atomic mass is 9.95. The predicted molar refractivity (Wildman–Crippen MR) is 119 cm³/mol. The summed E-state index contributed by atoms with van der Waals surface area (Å²) in [4.78, 5) is 24.1. The number of carbonyl (C=O) groups is 1. The van der Waals surface area contributed by atoms with Gasteiger partial charge in [-0.3, -0.25) is 4.79 Å². The molecule has 2 aliphatic heterocycles. The number of benzene rings is 1. The van der Waals surface area contributed by atoms with Gasteiger partial charge < -0.3 is 20.0 Å². The van der Waals surface area contributed by atoms with Crippen LogP contribution in [0.3, 0.4) is 0 Å². The van der Waals surface area contributed by atoms with Gasteiger partial charge in [0.05, 0.1) is 0 Å². The van der Waals surface area contributed by atoms with Crippen LogP contribution in [0.4, 0.5) is 17.2 Å². The molecule has 2 aromatic rings. The van der Waals surface area contributed by atoms with Crippen molar-refractivity contribution >= 4 is 23.1 Å². The summed E-state index contributed by atoms with van der Waals surface area (Å²) in [5, 5.41) is 3.11. The van der Waals surface area contributed by atoms with Gasteiger partial charge in [0.1, 0.15) is 5.82 Å². The minimum absolute atomic E-state index is 0.0640. The van der Waals surface area contributed by atoms with Crippen LogP contribution in [-0.2, 0) is 4.79 Å². The number of nitrogens with zero attached hydrogens (tertiary/aromatic N) is 4. The van der Waals surface area contributed by atoms with E-state index in [4.69, 9.17) is 0 Å². The molecule has 1 aromatic carbocycles. The van der Waals surface area contributed by atoms with Gasteiger partial charge in [0, 0.05) is 55.7 Å². The average molecular weight is 394 g/mol. The number of carbonyl (C=O) groups excluding carboxylic acids is 1. The van der Waals surface area contributed by atoms with Crippen LogP contribution in [0.2, 0.25) is 0 Å². The number of nitrogens with one attached hydrogen (secondary N) is 1. The summed E-state index contributed by atoms with van der Waals surface area (Å²) < 4.78 is 0. The molecule has 2 saturated heterocycles. The molecule has 2 aliphatic rings. The Kier molecular flexibility index (Phi) is 6.00. The van der Waals surface area contributed by atoms with Crippen molar-refractivity contribution in [1.82, 2.24) is 9.88 Å². The molecular formula is C23H31N5O. The van der Waals surface area contributed by atoms with E-state index in [2.05, 4.69) is 51.2 Å². The molecule has 3 heterocycles. The summed E-state index contributed by atoms with van der Waals surface area (Å²) in [5.74, 6) is 1.20. The highest BCUT2D eigenvalue weighted by Crippen LogP contribution is 2.26. The van der Waals surface area contributed by atoms with E-state index < -0.39 is 0 Å². The van der Waals surface area contributed by atoms with Crippen LogP contribution in [0.5, 0.6) is 0 Å². The fourth-order valence-corrected chi connectivity index (χ4v) is 4.31. The van der Waals surface area contributed by atoms with Crippen LogP contribution in [-0.4, -0.2) is 62.1 Å². The largest absolute Gasteiger partial charge is 0.370 e. The van der Waals surface area contributed by atoms with Crippen molar-refractivity contribution < 1.29 is 4.79 Å². The highest BCUT2D eigenvalue weighted by molar-refractivity contribution is 5.92. The van der Waals surface area contributed by atoms with Crippen LogP contribution in [0.1, 0.15) is 19.3 Å². The van der Waals surface area contributed by atoms with Gasteiger partial charge in [-0.1, -0.05) is 6.07 Å². The number of hydrogen-bond donors (Lipinski definition) is 1. The number of anilines is 3. The molecule has 0 radical (unpaired) electrons. The van der Waals surface area contributed by atoms with Gasteiger partial charge in [0.2, 0.25) is 5.91 Å². The summed E-state index contributed by atoms with van der Waals surface area (Å²) in [5.41, 5.74) is 2.12. The molecule has 1 unspecified atom stereocenters. The summed E-state index contributed by atoms with van der Waals surface area (Å²) in [6.45, 7) is 3.89. The Hall–Kier alpha value is -2.60. The van der Waals surface area contributed by atoms with E-state index in [9.17, 15) is 4.79 Å². The molecule has 1 atom stereocenters. The minimum Gasteiger partial charge on any atom is -0.370 e. The molecule has 6 nitrogen and oxygen atoms in total. The second-order valence-corrected chi connectivity index (χ2v) is 8.34. The Morgan fingerprint density at radius 1 is 1.00 bits per heavy atom. The van der Waals surface area contributed by atoms with Crippen molar-refractivity contribution in [2.45, 2.75) is 25.3 Å². The van der Waals surface area contributed by atoms with E-state index in [1.165, 1.54) is 12.1 Å². The van der Waals surface area contributed by atoms with Crippen molar-refractivity contribution in [1.29, 1.82) is 0 Å². The maximum absolute atomic E-state index is 12.7. The fourth-order valence-electron chi connectivity index (χ4n) is 4.31. The van der Waals surface area contributed by atoms with E-state index in [0.29, 0.717) is 6.04 Å². The quantitative estimate of drug-likeness (QED) is 0.846. The standard InChI is InChI=1S/C23H31N5O/c1-26(2)21-12-16-28(17-21)20-8-6-19(7-9-20)25-23(29)18-10-14-27(15-11-18)22-5-3-4-13-24-22/h3-9,13,18,21H,10-12,14-17H2,1-2H3,(H,25,29). The van der Waals surface area contributed by atoms with Gasteiger partial charge in [-0.2, -0.15) is 0 Å². The summed E-state index contributed by atoms with van der Waals surface area (Å²) in [6, 6.07) is 14.9. The maximum Gasteiger partial charge on any atom is 0.227 e. The van der Waals surface area contributed by atoms with Crippen molar-refractivity contribution in [3.63, 3.8) is 0 Å². The van der Waals surface area contributed by atoms with E-state index in [0.717, 1.165) is 50.5 Å². The Bertz CT molecular complexity index is 800. The lowest BCUT2D eigenvalue weighted by Crippen LogP contribution is -2.38. The van der Waals surface area contributed by atoms with Gasteiger partial charge >= 0.3 is 0 Å². The molecule has 1 N–H and O–H groups in total. The molecule has 154 valence electrons. The predicted octanol–water partition coefficient (Wildman–Crippen LogP) is 3.08. The molecule has 0 saturated carbocycles. The monoisotopic (exact) mass is 393 g/mol. The molecule has 1 amide bonds. The smallest absolute Gasteiger partial charge is 0.227 e. The molecule has 1 aromatic heterocycles. The van der Waals surface area contributed by atoms with Crippen LogP contribution in [0.25, 0.3) is 0 Å². The van der Waals surface area contributed by atoms with Gasteiger partial charge in [0.25, 0.3) is 0 Å². The average Bonchev–Trinajstić information content (AvgIpc) is 3.26. The molecule has 0 bridgehead atoms. The zero-order chi connectivity index (χ0) is 20.2. The number of likely N-dealkylation sites (N-methyl/N-ethyl adjacent to an activating group) is 1. The van der Waals surface area contributed by atoms with Gasteiger partial charge in [-0.05, 0) is 69.8 Å². The number of hydrogen-bond acceptors (Lipinski definition) is 5. The van der Waals surface area contributed by atoms with Crippen LogP contribution >= 0.6 is 0 Å². The number of pyridine rings is 1. The molecule has 4 rings (SSSR count). The Balaban J connectivity index is 1.28. The molecule has 2 fully saturated rings. The first kappa shape index (κ1) is 19.7. The summed E-state index contributed by atoms with van der Waals surface area (Å²) in [6.07, 6.45) is 4.74. The van der Waals surface area contributed by atoms with Crippen molar-refractivity contribution in [2.24, 2.45) is 5.92 Å². The van der Waals surface area contributed by atoms with Crippen molar-refractivity contribution in [3.8, 4) is 0 Å². The van der Waals surface area contributed by atoms with Crippen LogP contribution in [0, 0.1) is 5.92 Å². The van der Waals surface area contributed by atoms with E-state index in [1.807, 2.05) is 36.5 Å². The fraction of sp³-hybridized carbons (Fsp3) is 0.478. The van der Waals surface area contributed by atoms with E-state index in [-0.39, 0.29) is 11.8 Å². The molecule has 29 heavy (non-hydrogen) atoms. The minimum atomic E-state index is 0.0640. The topological polar surface area (TPSA) is 51.7 Å². The zero-order valence-corrected chi connectivity index (χ0v) is 17.4. The highest BCUT2D eigenvalue weighted by Gasteiger charge is 2.26. The first-order valence-corrected chi connectivity index (χ1v) is 10.6. The Morgan fingerprint density at radius 3 is 2.34 bits per heavy atom. The normalized spacial score (nSPS) is 20.3. The summed E-state index contributed by atoms with van der Waals surface area (Å²) in [7, 11) is 4.29. The van der Waals surface area contributed by atoms with Gasteiger partial charge in [0.15, 0.2) is 0 Å². The van der Waals surface area contributed by atoms with Crippen molar-refractivity contribution in [2.75, 3.05) is 55.4 Å². The third-order valence-electron chi connectivity index (χ3n) is 6.23. The van der Waals surface area contributed by atoms with Crippen LogP contribution < -0.4 is 15.1 Å². The molecular weight excluding hydrogens is 362 g/mol. The van der Waals surface area contributed by atoms with Gasteiger partial charge in [-0.15, -0.1) is 0 Å². The second-order valence-electron chi connectivity index (χ2n) is 8.34. The summed E-state index contributed by atoms with van der Waals surface area (Å²) >= 11 is 0. The Morgan fingerprint density at radius 2 is 1.72 bits per heavy atom. The number of rotatable bonds is 5. The third kappa shape index (κ3) is 4.70. The lowest BCUT2D eigenvalue weighted by molar-refractivity contribution is -0.120.